The second-order valence-electron chi connectivity index (χ2n) is 5.50. The summed E-state index contributed by atoms with van der Waals surface area (Å²) >= 11 is 0. The lowest BCUT2D eigenvalue weighted by molar-refractivity contribution is 0.154. The summed E-state index contributed by atoms with van der Waals surface area (Å²) in [5.74, 6) is 0. The molecular formula is C17H30N2. The zero-order chi connectivity index (χ0) is 14.4. The van der Waals surface area contributed by atoms with Gasteiger partial charge in [-0.3, -0.25) is 4.90 Å². The molecule has 2 nitrogen and oxygen atoms in total. The number of aryl methyl sites for hydroxylation is 1. The number of nitrogens with zero attached hydrogens (tertiary/aromatic N) is 1. The Morgan fingerprint density at radius 2 is 1.58 bits per heavy atom. The molecule has 0 saturated heterocycles. The lowest BCUT2D eigenvalue weighted by Gasteiger charge is -2.35. The van der Waals surface area contributed by atoms with Gasteiger partial charge in [0.25, 0.3) is 0 Å². The Hall–Kier alpha value is -0.860. The summed E-state index contributed by atoms with van der Waals surface area (Å²) < 4.78 is 0. The van der Waals surface area contributed by atoms with Crippen LogP contribution in [0.2, 0.25) is 0 Å². The first-order valence-corrected chi connectivity index (χ1v) is 7.61. The molecule has 108 valence electrons. The largest absolute Gasteiger partial charge is 0.323 e. The van der Waals surface area contributed by atoms with Crippen LogP contribution in [0.3, 0.4) is 0 Å². The van der Waals surface area contributed by atoms with Gasteiger partial charge in [-0.15, -0.1) is 0 Å². The van der Waals surface area contributed by atoms with E-state index in [0.29, 0.717) is 12.1 Å². The molecule has 2 unspecified atom stereocenters. The van der Waals surface area contributed by atoms with Crippen molar-refractivity contribution in [1.82, 2.24) is 4.90 Å². The second kappa shape index (κ2) is 7.66. The van der Waals surface area contributed by atoms with E-state index in [9.17, 15) is 0 Å². The fraction of sp³-hybridized carbons (Fsp3) is 0.647. The molecule has 19 heavy (non-hydrogen) atoms. The van der Waals surface area contributed by atoms with Gasteiger partial charge in [0, 0.05) is 18.1 Å². The molecule has 0 aliphatic heterocycles. The third-order valence-corrected chi connectivity index (χ3v) is 4.45. The van der Waals surface area contributed by atoms with E-state index in [4.69, 9.17) is 5.73 Å². The van der Waals surface area contributed by atoms with Gasteiger partial charge in [0.1, 0.15) is 0 Å². The summed E-state index contributed by atoms with van der Waals surface area (Å²) in [6.07, 6.45) is 3.44. The highest BCUT2D eigenvalue weighted by atomic mass is 15.2. The first kappa shape index (κ1) is 16.2. The molecule has 2 heteroatoms. The summed E-state index contributed by atoms with van der Waals surface area (Å²) in [5.41, 5.74) is 9.05. The van der Waals surface area contributed by atoms with E-state index in [0.717, 1.165) is 6.42 Å². The van der Waals surface area contributed by atoms with Gasteiger partial charge in [-0.05, 0) is 44.4 Å². The minimum Gasteiger partial charge on any atom is -0.323 e. The Labute approximate surface area is 119 Å². The molecule has 0 radical (unpaired) electrons. The highest BCUT2D eigenvalue weighted by molar-refractivity contribution is 5.25. The van der Waals surface area contributed by atoms with Crippen LogP contribution >= 0.6 is 0 Å². The molecule has 1 aromatic carbocycles. The molecule has 0 amide bonds. The normalized spacial score (nSPS) is 14.9. The van der Waals surface area contributed by atoms with Gasteiger partial charge in [-0.2, -0.15) is 0 Å². The van der Waals surface area contributed by atoms with Gasteiger partial charge in [0.05, 0.1) is 0 Å². The van der Waals surface area contributed by atoms with Crippen LogP contribution in [0.15, 0.2) is 24.3 Å². The van der Waals surface area contributed by atoms with Crippen LogP contribution in [-0.4, -0.2) is 24.0 Å². The van der Waals surface area contributed by atoms with E-state index in [-0.39, 0.29) is 6.04 Å². The number of likely N-dealkylation sites (N-methyl/N-ethyl adjacent to an activating group) is 1. The van der Waals surface area contributed by atoms with Gasteiger partial charge in [-0.25, -0.2) is 0 Å². The van der Waals surface area contributed by atoms with E-state index < -0.39 is 0 Å². The molecule has 2 atom stereocenters. The summed E-state index contributed by atoms with van der Waals surface area (Å²) in [4.78, 5) is 2.43. The number of hydrogen-bond acceptors (Lipinski definition) is 2. The molecule has 0 saturated carbocycles. The molecule has 0 aliphatic rings. The number of benzene rings is 1. The molecule has 1 rings (SSSR count). The van der Waals surface area contributed by atoms with E-state index >= 15 is 0 Å². The van der Waals surface area contributed by atoms with Crippen LogP contribution in [0.5, 0.6) is 0 Å². The fourth-order valence-corrected chi connectivity index (χ4v) is 2.70. The topological polar surface area (TPSA) is 29.3 Å². The zero-order valence-corrected chi connectivity index (χ0v) is 13.2. The molecule has 0 bridgehead atoms. The highest BCUT2D eigenvalue weighted by Gasteiger charge is 2.23. The van der Waals surface area contributed by atoms with Crippen LogP contribution in [-0.2, 0) is 6.42 Å². The Morgan fingerprint density at radius 3 is 2.00 bits per heavy atom. The van der Waals surface area contributed by atoms with Gasteiger partial charge in [-0.1, -0.05) is 45.0 Å². The van der Waals surface area contributed by atoms with Crippen molar-refractivity contribution in [3.05, 3.63) is 35.4 Å². The van der Waals surface area contributed by atoms with Crippen LogP contribution in [0, 0.1) is 0 Å². The molecule has 0 aromatic heterocycles. The predicted molar refractivity (Wildman–Crippen MR) is 84.3 cm³/mol. The van der Waals surface area contributed by atoms with Gasteiger partial charge in [0.15, 0.2) is 0 Å². The first-order chi connectivity index (χ1) is 9.04. The first-order valence-electron chi connectivity index (χ1n) is 7.61. The van der Waals surface area contributed by atoms with Crippen LogP contribution < -0.4 is 5.73 Å². The van der Waals surface area contributed by atoms with E-state index in [2.05, 4.69) is 63.9 Å². The maximum absolute atomic E-state index is 6.44. The second-order valence-corrected chi connectivity index (χ2v) is 5.50. The summed E-state index contributed by atoms with van der Waals surface area (Å²) in [6, 6.07) is 9.81. The molecule has 0 aliphatic carbocycles. The van der Waals surface area contributed by atoms with Gasteiger partial charge in [0.2, 0.25) is 0 Å². The van der Waals surface area contributed by atoms with Crippen molar-refractivity contribution in [2.24, 2.45) is 5.73 Å². The molecule has 2 N–H and O–H groups in total. The zero-order valence-electron chi connectivity index (χ0n) is 13.2. The monoisotopic (exact) mass is 262 g/mol. The van der Waals surface area contributed by atoms with E-state index in [1.807, 2.05) is 0 Å². The molecular weight excluding hydrogens is 232 g/mol. The number of rotatable bonds is 7. The lowest BCUT2D eigenvalue weighted by atomic mass is 9.97. The van der Waals surface area contributed by atoms with Crippen LogP contribution in [0.25, 0.3) is 0 Å². The third kappa shape index (κ3) is 4.05. The quantitative estimate of drug-likeness (QED) is 0.810. The lowest BCUT2D eigenvalue weighted by Crippen LogP contribution is -2.43. The molecule has 0 heterocycles. The van der Waals surface area contributed by atoms with E-state index in [1.165, 1.54) is 24.0 Å². The van der Waals surface area contributed by atoms with Crippen molar-refractivity contribution in [2.75, 3.05) is 7.05 Å². The molecule has 1 aromatic rings. The van der Waals surface area contributed by atoms with Crippen LogP contribution in [0.1, 0.15) is 57.7 Å². The Kier molecular flexibility index (Phi) is 6.53. The SMILES string of the molecule is CCc1ccc(C(N)C(C)N(C)C(CC)CC)cc1. The van der Waals surface area contributed by atoms with Gasteiger partial charge >= 0.3 is 0 Å². The summed E-state index contributed by atoms with van der Waals surface area (Å²) in [5, 5.41) is 0. The van der Waals surface area contributed by atoms with Crippen molar-refractivity contribution in [3.8, 4) is 0 Å². The molecule has 0 spiro atoms. The standard InChI is InChI=1S/C17H30N2/c1-6-14-9-11-15(12-10-14)17(18)13(4)19(5)16(7-2)8-3/h9-13,16-17H,6-8,18H2,1-5H3. The highest BCUT2D eigenvalue weighted by Crippen LogP contribution is 2.21. The van der Waals surface area contributed by atoms with Crippen molar-refractivity contribution in [2.45, 2.75) is 65.1 Å². The average molecular weight is 262 g/mol. The average Bonchev–Trinajstić information content (AvgIpc) is 2.47. The number of nitrogens with two attached hydrogens (primary N) is 1. The van der Waals surface area contributed by atoms with Crippen molar-refractivity contribution < 1.29 is 0 Å². The van der Waals surface area contributed by atoms with E-state index in [1.54, 1.807) is 0 Å². The molecule has 0 fully saturated rings. The minimum absolute atomic E-state index is 0.0801. The summed E-state index contributed by atoms with van der Waals surface area (Å²) in [6.45, 7) is 8.91. The maximum Gasteiger partial charge on any atom is 0.0450 e. The van der Waals surface area contributed by atoms with Crippen molar-refractivity contribution >= 4 is 0 Å². The van der Waals surface area contributed by atoms with Crippen molar-refractivity contribution in [3.63, 3.8) is 0 Å². The predicted octanol–water partition coefficient (Wildman–Crippen LogP) is 3.76. The maximum atomic E-state index is 6.44. The van der Waals surface area contributed by atoms with Gasteiger partial charge < -0.3 is 5.73 Å². The Bertz CT molecular complexity index is 354. The van der Waals surface area contributed by atoms with Crippen molar-refractivity contribution in [1.29, 1.82) is 0 Å². The summed E-state index contributed by atoms with van der Waals surface area (Å²) in [7, 11) is 2.20. The van der Waals surface area contributed by atoms with Crippen LogP contribution in [0.4, 0.5) is 0 Å². The smallest absolute Gasteiger partial charge is 0.0450 e. The third-order valence-electron chi connectivity index (χ3n) is 4.45. The number of hydrogen-bond donors (Lipinski definition) is 1. The minimum atomic E-state index is 0.0801. The Morgan fingerprint density at radius 1 is 1.05 bits per heavy atom. The Balaban J connectivity index is 2.77. The fourth-order valence-electron chi connectivity index (χ4n) is 2.70.